The van der Waals surface area contributed by atoms with E-state index in [4.69, 9.17) is 16.3 Å². The molecular weight excluding hydrogens is 222 g/mol. The first-order valence-corrected chi connectivity index (χ1v) is 6.08. The summed E-state index contributed by atoms with van der Waals surface area (Å²) in [6.07, 6.45) is 3.34. The number of benzene rings is 1. The molecule has 0 amide bonds. The quantitative estimate of drug-likeness (QED) is 0.825. The fourth-order valence-electron chi connectivity index (χ4n) is 1.75. The highest BCUT2D eigenvalue weighted by Crippen LogP contribution is 2.25. The number of methoxy groups -OCH3 is 1. The van der Waals surface area contributed by atoms with Crippen molar-refractivity contribution in [2.24, 2.45) is 0 Å². The van der Waals surface area contributed by atoms with Crippen molar-refractivity contribution in [2.45, 2.75) is 32.2 Å². The van der Waals surface area contributed by atoms with Crippen LogP contribution < -0.4 is 10.1 Å². The Balaban J connectivity index is 2.60. The molecule has 1 unspecified atom stereocenters. The van der Waals surface area contributed by atoms with Crippen LogP contribution in [0.5, 0.6) is 5.75 Å². The summed E-state index contributed by atoms with van der Waals surface area (Å²) in [5, 5.41) is 3.98. The minimum absolute atomic E-state index is 0.585. The van der Waals surface area contributed by atoms with Crippen LogP contribution in [0.15, 0.2) is 18.2 Å². The standard InChI is InChI=1S/C13H20ClNO/c1-4-11(15-2)7-5-10-6-8-12(14)13(9-10)16-3/h6,8-9,11,15H,4-5,7H2,1-3H3. The van der Waals surface area contributed by atoms with Crippen LogP contribution in [-0.4, -0.2) is 20.2 Å². The summed E-state index contributed by atoms with van der Waals surface area (Å²) in [4.78, 5) is 0. The summed E-state index contributed by atoms with van der Waals surface area (Å²) in [7, 11) is 3.66. The molecule has 0 saturated carbocycles. The minimum Gasteiger partial charge on any atom is -0.495 e. The first-order chi connectivity index (χ1) is 7.71. The molecule has 90 valence electrons. The van der Waals surface area contributed by atoms with Crippen LogP contribution in [0, 0.1) is 0 Å². The molecule has 0 spiro atoms. The molecule has 1 aromatic rings. The number of hydrogen-bond acceptors (Lipinski definition) is 2. The molecular formula is C13H20ClNO. The number of hydrogen-bond donors (Lipinski definition) is 1. The van der Waals surface area contributed by atoms with Gasteiger partial charge in [0.15, 0.2) is 0 Å². The van der Waals surface area contributed by atoms with Gasteiger partial charge in [0.25, 0.3) is 0 Å². The van der Waals surface area contributed by atoms with Crippen LogP contribution in [0.2, 0.25) is 5.02 Å². The van der Waals surface area contributed by atoms with Crippen molar-refractivity contribution in [3.8, 4) is 5.75 Å². The monoisotopic (exact) mass is 241 g/mol. The van der Waals surface area contributed by atoms with Gasteiger partial charge >= 0.3 is 0 Å². The summed E-state index contributed by atoms with van der Waals surface area (Å²) in [5.41, 5.74) is 1.27. The van der Waals surface area contributed by atoms with Gasteiger partial charge in [-0.05, 0) is 44.0 Å². The highest BCUT2D eigenvalue weighted by molar-refractivity contribution is 6.32. The van der Waals surface area contributed by atoms with Crippen molar-refractivity contribution < 1.29 is 4.74 Å². The Kier molecular flexibility index (Phi) is 5.64. The maximum Gasteiger partial charge on any atom is 0.137 e. The van der Waals surface area contributed by atoms with Crippen LogP contribution in [-0.2, 0) is 6.42 Å². The maximum absolute atomic E-state index is 5.98. The number of halogens is 1. The van der Waals surface area contributed by atoms with Crippen LogP contribution in [0.4, 0.5) is 0 Å². The summed E-state index contributed by atoms with van der Waals surface area (Å²) < 4.78 is 5.20. The van der Waals surface area contributed by atoms with Crippen LogP contribution >= 0.6 is 11.6 Å². The molecule has 1 rings (SSSR count). The van der Waals surface area contributed by atoms with E-state index in [1.54, 1.807) is 7.11 Å². The third-order valence-corrected chi connectivity index (χ3v) is 3.21. The lowest BCUT2D eigenvalue weighted by atomic mass is 10.0. The molecule has 0 radical (unpaired) electrons. The predicted molar refractivity (Wildman–Crippen MR) is 69.5 cm³/mol. The molecule has 16 heavy (non-hydrogen) atoms. The third kappa shape index (κ3) is 3.69. The van der Waals surface area contributed by atoms with E-state index in [1.807, 2.05) is 19.2 Å². The Morgan fingerprint density at radius 3 is 2.75 bits per heavy atom. The summed E-state index contributed by atoms with van der Waals surface area (Å²) in [6.45, 7) is 2.20. The molecule has 0 saturated heterocycles. The lowest BCUT2D eigenvalue weighted by molar-refractivity contribution is 0.414. The molecule has 3 heteroatoms. The van der Waals surface area contributed by atoms with Gasteiger partial charge in [0.1, 0.15) is 5.75 Å². The molecule has 0 aliphatic rings. The lowest BCUT2D eigenvalue weighted by Gasteiger charge is -2.13. The highest BCUT2D eigenvalue weighted by Gasteiger charge is 2.05. The van der Waals surface area contributed by atoms with E-state index < -0.39 is 0 Å². The highest BCUT2D eigenvalue weighted by atomic mass is 35.5. The number of nitrogens with one attached hydrogen (secondary N) is 1. The Morgan fingerprint density at radius 1 is 1.44 bits per heavy atom. The molecule has 0 bridgehead atoms. The van der Waals surface area contributed by atoms with Gasteiger partial charge in [0.2, 0.25) is 0 Å². The first kappa shape index (κ1) is 13.3. The van der Waals surface area contributed by atoms with Crippen molar-refractivity contribution in [3.63, 3.8) is 0 Å². The number of aryl methyl sites for hydroxylation is 1. The van der Waals surface area contributed by atoms with Gasteiger partial charge in [-0.15, -0.1) is 0 Å². The second-order valence-electron chi connectivity index (χ2n) is 3.90. The summed E-state index contributed by atoms with van der Waals surface area (Å²) in [5.74, 6) is 0.761. The smallest absolute Gasteiger partial charge is 0.137 e. The van der Waals surface area contributed by atoms with Gasteiger partial charge in [-0.3, -0.25) is 0 Å². The zero-order valence-corrected chi connectivity index (χ0v) is 11.0. The van der Waals surface area contributed by atoms with Crippen molar-refractivity contribution in [1.82, 2.24) is 5.32 Å². The molecule has 0 fully saturated rings. The predicted octanol–water partition coefficient (Wildman–Crippen LogP) is 3.28. The second kappa shape index (κ2) is 6.77. The molecule has 0 aliphatic heterocycles. The molecule has 1 N–H and O–H groups in total. The van der Waals surface area contributed by atoms with E-state index in [0.29, 0.717) is 11.1 Å². The number of rotatable bonds is 6. The molecule has 1 aromatic carbocycles. The van der Waals surface area contributed by atoms with Crippen molar-refractivity contribution >= 4 is 11.6 Å². The van der Waals surface area contributed by atoms with Gasteiger partial charge in [-0.1, -0.05) is 24.6 Å². The van der Waals surface area contributed by atoms with E-state index in [0.717, 1.165) is 25.0 Å². The second-order valence-corrected chi connectivity index (χ2v) is 4.31. The first-order valence-electron chi connectivity index (χ1n) is 5.71. The SMILES string of the molecule is CCC(CCc1ccc(Cl)c(OC)c1)NC. The van der Waals surface area contributed by atoms with Crippen LogP contribution in [0.3, 0.4) is 0 Å². The average molecular weight is 242 g/mol. The Labute approximate surface area is 103 Å². The molecule has 0 heterocycles. The zero-order valence-electron chi connectivity index (χ0n) is 10.2. The fraction of sp³-hybridized carbons (Fsp3) is 0.538. The number of ether oxygens (including phenoxy) is 1. The van der Waals surface area contributed by atoms with E-state index in [2.05, 4.69) is 18.3 Å². The maximum atomic E-state index is 5.98. The molecule has 0 aromatic heterocycles. The Morgan fingerprint density at radius 2 is 2.19 bits per heavy atom. The fourth-order valence-corrected chi connectivity index (χ4v) is 1.95. The van der Waals surface area contributed by atoms with Gasteiger partial charge in [-0.25, -0.2) is 0 Å². The molecule has 2 nitrogen and oxygen atoms in total. The lowest BCUT2D eigenvalue weighted by Crippen LogP contribution is -2.24. The van der Waals surface area contributed by atoms with Gasteiger partial charge in [-0.2, -0.15) is 0 Å². The van der Waals surface area contributed by atoms with E-state index in [9.17, 15) is 0 Å². The van der Waals surface area contributed by atoms with Crippen molar-refractivity contribution in [2.75, 3.05) is 14.2 Å². The van der Waals surface area contributed by atoms with Gasteiger partial charge in [0.05, 0.1) is 12.1 Å². The average Bonchev–Trinajstić information content (AvgIpc) is 2.32. The Bertz CT molecular complexity index is 324. The van der Waals surface area contributed by atoms with E-state index >= 15 is 0 Å². The normalized spacial score (nSPS) is 12.5. The van der Waals surface area contributed by atoms with Gasteiger partial charge in [0, 0.05) is 6.04 Å². The van der Waals surface area contributed by atoms with Crippen LogP contribution in [0.1, 0.15) is 25.3 Å². The minimum atomic E-state index is 0.585. The largest absolute Gasteiger partial charge is 0.495 e. The van der Waals surface area contributed by atoms with E-state index in [-0.39, 0.29) is 0 Å². The zero-order chi connectivity index (χ0) is 12.0. The third-order valence-electron chi connectivity index (χ3n) is 2.90. The van der Waals surface area contributed by atoms with E-state index in [1.165, 1.54) is 5.56 Å². The topological polar surface area (TPSA) is 21.3 Å². The van der Waals surface area contributed by atoms with Gasteiger partial charge < -0.3 is 10.1 Å². The summed E-state index contributed by atoms with van der Waals surface area (Å²) in [6, 6.07) is 6.57. The Hall–Kier alpha value is -0.730. The van der Waals surface area contributed by atoms with Crippen molar-refractivity contribution in [3.05, 3.63) is 28.8 Å². The van der Waals surface area contributed by atoms with Crippen LogP contribution in [0.25, 0.3) is 0 Å². The molecule has 0 aliphatic carbocycles. The summed E-state index contributed by atoms with van der Waals surface area (Å²) >= 11 is 5.98. The molecule has 1 atom stereocenters. The van der Waals surface area contributed by atoms with Crippen molar-refractivity contribution in [1.29, 1.82) is 0 Å².